The summed E-state index contributed by atoms with van der Waals surface area (Å²) in [5, 5.41) is -0.0523. The Bertz CT molecular complexity index is 408. The summed E-state index contributed by atoms with van der Waals surface area (Å²) in [4.78, 5) is 27.2. The second-order valence-corrected chi connectivity index (χ2v) is 6.82. The van der Waals surface area contributed by atoms with Crippen LogP contribution in [0.1, 0.15) is 34.1 Å². The van der Waals surface area contributed by atoms with Gasteiger partial charge in [0.05, 0.1) is 5.75 Å². The molecule has 18 heavy (non-hydrogen) atoms. The Labute approximate surface area is 116 Å². The molecule has 0 radical (unpaired) electrons. The minimum absolute atomic E-state index is 0.0523. The van der Waals surface area contributed by atoms with Gasteiger partial charge in [-0.2, -0.15) is 0 Å². The molecule has 4 nitrogen and oxygen atoms in total. The number of carbonyl (C=O) groups excluding carboxylic acids is 2. The van der Waals surface area contributed by atoms with Crippen LogP contribution >= 0.6 is 23.5 Å². The topological polar surface area (TPSA) is 55.7 Å². The minimum Gasteiger partial charge on any atom is -0.459 e. The monoisotopic (exact) mass is 287 g/mol. The Morgan fingerprint density at radius 3 is 2.72 bits per heavy atom. The van der Waals surface area contributed by atoms with Crippen molar-refractivity contribution in [2.45, 2.75) is 39.7 Å². The van der Waals surface area contributed by atoms with Crippen molar-refractivity contribution >= 4 is 39.0 Å². The van der Waals surface area contributed by atoms with Crippen molar-refractivity contribution in [1.29, 1.82) is 0 Å². The van der Waals surface area contributed by atoms with Crippen LogP contribution in [-0.4, -0.2) is 26.8 Å². The Kier molecular flexibility index (Phi) is 5.47. The van der Waals surface area contributed by atoms with E-state index in [1.807, 2.05) is 27.7 Å². The van der Waals surface area contributed by atoms with E-state index < -0.39 is 5.60 Å². The summed E-state index contributed by atoms with van der Waals surface area (Å²) in [6.07, 6.45) is 2.56. The van der Waals surface area contributed by atoms with Crippen molar-refractivity contribution in [1.82, 2.24) is 0 Å². The highest BCUT2D eigenvalue weighted by Crippen LogP contribution is 2.30. The first-order valence-electron chi connectivity index (χ1n) is 5.67. The van der Waals surface area contributed by atoms with Gasteiger partial charge in [0.2, 0.25) is 5.12 Å². The van der Waals surface area contributed by atoms with E-state index in [-0.39, 0.29) is 16.8 Å². The molecule has 1 rings (SSSR count). The first kappa shape index (κ1) is 15.3. The maximum absolute atomic E-state index is 11.5. The van der Waals surface area contributed by atoms with Gasteiger partial charge >= 0.3 is 5.97 Å². The number of carbonyl (C=O) groups is 2. The number of hydrogen-bond acceptors (Lipinski definition) is 6. The van der Waals surface area contributed by atoms with Crippen LogP contribution in [0.2, 0.25) is 0 Å². The SMILES string of the molecule is CCC=C1N=C(SCC(=O)OC(C)(C)C)SC1=O. The molecule has 1 aliphatic rings. The molecule has 0 N–H and O–H groups in total. The normalized spacial score (nSPS) is 18.1. The van der Waals surface area contributed by atoms with E-state index >= 15 is 0 Å². The summed E-state index contributed by atoms with van der Waals surface area (Å²) in [7, 11) is 0. The van der Waals surface area contributed by atoms with Gasteiger partial charge in [-0.1, -0.05) is 24.8 Å². The average molecular weight is 287 g/mol. The summed E-state index contributed by atoms with van der Waals surface area (Å²) in [6.45, 7) is 7.42. The molecule has 0 atom stereocenters. The van der Waals surface area contributed by atoms with Crippen LogP contribution < -0.4 is 0 Å². The Morgan fingerprint density at radius 2 is 2.17 bits per heavy atom. The zero-order valence-corrected chi connectivity index (χ0v) is 12.6. The molecule has 1 heterocycles. The lowest BCUT2D eigenvalue weighted by atomic mass is 10.2. The number of hydrogen-bond donors (Lipinski definition) is 0. The third kappa shape index (κ3) is 5.27. The first-order chi connectivity index (χ1) is 8.31. The molecule has 0 aromatic carbocycles. The lowest BCUT2D eigenvalue weighted by molar-refractivity contribution is -0.151. The van der Waals surface area contributed by atoms with Gasteiger partial charge in [-0.05, 0) is 39.0 Å². The van der Waals surface area contributed by atoms with Gasteiger partial charge in [-0.3, -0.25) is 9.59 Å². The zero-order valence-electron chi connectivity index (χ0n) is 11.0. The molecule has 0 saturated heterocycles. The van der Waals surface area contributed by atoms with Gasteiger partial charge in [-0.25, -0.2) is 4.99 Å². The highest BCUT2D eigenvalue weighted by molar-refractivity contribution is 8.45. The highest BCUT2D eigenvalue weighted by Gasteiger charge is 2.23. The largest absolute Gasteiger partial charge is 0.459 e. The van der Waals surface area contributed by atoms with Crippen molar-refractivity contribution in [3.8, 4) is 0 Å². The number of nitrogens with zero attached hydrogens (tertiary/aromatic N) is 1. The van der Waals surface area contributed by atoms with Gasteiger partial charge in [-0.15, -0.1) is 0 Å². The van der Waals surface area contributed by atoms with E-state index in [0.717, 1.165) is 18.2 Å². The van der Waals surface area contributed by atoms with Crippen LogP contribution in [0.15, 0.2) is 16.8 Å². The van der Waals surface area contributed by atoms with Crippen LogP contribution in [0, 0.1) is 0 Å². The fourth-order valence-electron chi connectivity index (χ4n) is 1.17. The molecule has 0 saturated carbocycles. The molecule has 0 amide bonds. The number of esters is 1. The second kappa shape index (κ2) is 6.43. The van der Waals surface area contributed by atoms with E-state index in [9.17, 15) is 9.59 Å². The van der Waals surface area contributed by atoms with E-state index in [0.29, 0.717) is 10.1 Å². The molecule has 0 aromatic rings. The molecule has 0 spiro atoms. The van der Waals surface area contributed by atoms with Gasteiger partial charge in [0.1, 0.15) is 15.7 Å². The molecule has 6 heteroatoms. The lowest BCUT2D eigenvalue weighted by Crippen LogP contribution is -2.25. The van der Waals surface area contributed by atoms with Gasteiger partial charge in [0, 0.05) is 0 Å². The fraction of sp³-hybridized carbons (Fsp3) is 0.583. The predicted octanol–water partition coefficient (Wildman–Crippen LogP) is 2.98. The van der Waals surface area contributed by atoms with Gasteiger partial charge in [0.15, 0.2) is 0 Å². The number of rotatable bonds is 3. The molecule has 1 aliphatic heterocycles. The van der Waals surface area contributed by atoms with Crippen molar-refractivity contribution in [3.63, 3.8) is 0 Å². The zero-order chi connectivity index (χ0) is 13.8. The Morgan fingerprint density at radius 1 is 1.50 bits per heavy atom. The maximum Gasteiger partial charge on any atom is 0.316 e. The second-order valence-electron chi connectivity index (χ2n) is 4.64. The van der Waals surface area contributed by atoms with Crippen molar-refractivity contribution in [2.75, 3.05) is 5.75 Å². The number of aliphatic imine (C=N–C) groups is 1. The Balaban J connectivity index is 2.46. The summed E-state index contributed by atoms with van der Waals surface area (Å²) < 4.78 is 5.79. The standard InChI is InChI=1S/C12H17NO3S2/c1-5-6-8-10(15)18-11(13-8)17-7-9(14)16-12(2,3)4/h6H,5,7H2,1-4H3. The van der Waals surface area contributed by atoms with Gasteiger partial charge in [0.25, 0.3) is 0 Å². The number of thioether (sulfide) groups is 2. The van der Waals surface area contributed by atoms with Gasteiger partial charge < -0.3 is 4.74 Å². The molecular formula is C12H17NO3S2. The molecule has 0 fully saturated rings. The maximum atomic E-state index is 11.5. The molecule has 0 aliphatic carbocycles. The van der Waals surface area contributed by atoms with Crippen LogP contribution in [0.5, 0.6) is 0 Å². The molecule has 0 bridgehead atoms. The van der Waals surface area contributed by atoms with E-state index in [2.05, 4.69) is 4.99 Å². The van der Waals surface area contributed by atoms with Crippen LogP contribution in [-0.2, 0) is 14.3 Å². The molecule has 0 unspecified atom stereocenters. The van der Waals surface area contributed by atoms with E-state index in [1.54, 1.807) is 6.08 Å². The molecular weight excluding hydrogens is 270 g/mol. The third-order valence-electron chi connectivity index (χ3n) is 1.73. The summed E-state index contributed by atoms with van der Waals surface area (Å²) in [5.41, 5.74) is -0.0000585. The first-order valence-corrected chi connectivity index (χ1v) is 7.47. The Hall–Kier alpha value is -0.750. The molecule has 100 valence electrons. The minimum atomic E-state index is -0.481. The lowest BCUT2D eigenvalue weighted by Gasteiger charge is -2.19. The fourth-order valence-corrected chi connectivity index (χ4v) is 2.81. The quantitative estimate of drug-likeness (QED) is 0.590. The van der Waals surface area contributed by atoms with Crippen LogP contribution in [0.4, 0.5) is 0 Å². The number of ether oxygens (including phenoxy) is 1. The van der Waals surface area contributed by atoms with E-state index in [4.69, 9.17) is 4.74 Å². The average Bonchev–Trinajstić information content (AvgIpc) is 2.55. The summed E-state index contributed by atoms with van der Waals surface area (Å²) >= 11 is 2.31. The van der Waals surface area contributed by atoms with Crippen molar-refractivity contribution < 1.29 is 14.3 Å². The van der Waals surface area contributed by atoms with Crippen LogP contribution in [0.3, 0.4) is 0 Å². The summed E-state index contributed by atoms with van der Waals surface area (Å²) in [5.74, 6) is -0.119. The number of allylic oxidation sites excluding steroid dienone is 1. The predicted molar refractivity (Wildman–Crippen MR) is 76.7 cm³/mol. The highest BCUT2D eigenvalue weighted by atomic mass is 32.2. The third-order valence-corrected chi connectivity index (χ3v) is 3.71. The summed E-state index contributed by atoms with van der Waals surface area (Å²) in [6, 6.07) is 0. The van der Waals surface area contributed by atoms with Crippen LogP contribution in [0.25, 0.3) is 0 Å². The van der Waals surface area contributed by atoms with Crippen molar-refractivity contribution in [2.24, 2.45) is 4.99 Å². The van der Waals surface area contributed by atoms with E-state index in [1.165, 1.54) is 11.8 Å². The van der Waals surface area contributed by atoms with Crippen molar-refractivity contribution in [3.05, 3.63) is 11.8 Å². The molecule has 0 aromatic heterocycles. The smallest absolute Gasteiger partial charge is 0.316 e.